The Morgan fingerprint density at radius 3 is 2.67 bits per heavy atom. The van der Waals surface area contributed by atoms with Crippen LogP contribution in [0.1, 0.15) is 18.4 Å². The van der Waals surface area contributed by atoms with Gasteiger partial charge in [0.2, 0.25) is 0 Å². The minimum absolute atomic E-state index is 0.696. The lowest BCUT2D eigenvalue weighted by Crippen LogP contribution is -1.94. The van der Waals surface area contributed by atoms with Gasteiger partial charge >= 0.3 is 0 Å². The number of hydrogen-bond acceptors (Lipinski definition) is 2. The standard InChI is InChI=1S/C13H18OS/c15-12-5-4-10-14-11-6-9-13-7-2-1-3-8-13/h1-3,6-9,15H,4-5,10-12H2/b9-6+. The van der Waals surface area contributed by atoms with Crippen LogP contribution in [0.25, 0.3) is 6.08 Å². The first kappa shape index (κ1) is 12.3. The molecule has 0 saturated heterocycles. The molecule has 1 nitrogen and oxygen atoms in total. The van der Waals surface area contributed by atoms with E-state index in [2.05, 4.69) is 36.9 Å². The van der Waals surface area contributed by atoms with Crippen LogP contribution < -0.4 is 0 Å². The van der Waals surface area contributed by atoms with E-state index in [0.717, 1.165) is 25.2 Å². The van der Waals surface area contributed by atoms with Gasteiger partial charge in [-0.1, -0.05) is 42.5 Å². The maximum atomic E-state index is 5.44. The van der Waals surface area contributed by atoms with Gasteiger partial charge in [-0.2, -0.15) is 12.6 Å². The predicted molar refractivity (Wildman–Crippen MR) is 69.4 cm³/mol. The third-order valence-corrected chi connectivity index (χ3v) is 2.34. The molecule has 0 aliphatic rings. The molecule has 0 aliphatic heterocycles. The average molecular weight is 222 g/mol. The Bertz CT molecular complexity index is 269. The van der Waals surface area contributed by atoms with E-state index >= 15 is 0 Å². The quantitative estimate of drug-likeness (QED) is 0.549. The highest BCUT2D eigenvalue weighted by atomic mass is 32.1. The van der Waals surface area contributed by atoms with Gasteiger partial charge in [0, 0.05) is 6.61 Å². The first-order chi connectivity index (χ1) is 7.43. The van der Waals surface area contributed by atoms with Crippen molar-refractivity contribution in [3.63, 3.8) is 0 Å². The third kappa shape index (κ3) is 6.37. The lowest BCUT2D eigenvalue weighted by atomic mass is 10.2. The van der Waals surface area contributed by atoms with Gasteiger partial charge in [0.25, 0.3) is 0 Å². The molecule has 15 heavy (non-hydrogen) atoms. The first-order valence-electron chi connectivity index (χ1n) is 5.33. The summed E-state index contributed by atoms with van der Waals surface area (Å²) in [6, 6.07) is 10.3. The van der Waals surface area contributed by atoms with Gasteiger partial charge in [-0.3, -0.25) is 0 Å². The average Bonchev–Trinajstić information content (AvgIpc) is 2.29. The summed E-state index contributed by atoms with van der Waals surface area (Å²) < 4.78 is 5.44. The minimum Gasteiger partial charge on any atom is -0.377 e. The molecule has 0 saturated carbocycles. The number of benzene rings is 1. The molecule has 0 aliphatic carbocycles. The molecule has 0 amide bonds. The van der Waals surface area contributed by atoms with E-state index in [9.17, 15) is 0 Å². The minimum atomic E-state index is 0.696. The molecule has 1 rings (SSSR count). The Kier molecular flexibility index (Phi) is 7.05. The monoisotopic (exact) mass is 222 g/mol. The highest BCUT2D eigenvalue weighted by molar-refractivity contribution is 7.80. The summed E-state index contributed by atoms with van der Waals surface area (Å²) >= 11 is 4.14. The van der Waals surface area contributed by atoms with Crippen LogP contribution in [0.15, 0.2) is 36.4 Å². The second-order valence-electron chi connectivity index (χ2n) is 3.32. The summed E-state index contributed by atoms with van der Waals surface area (Å²) in [6.45, 7) is 1.53. The normalized spacial score (nSPS) is 11.0. The molecule has 1 aromatic rings. The number of rotatable bonds is 7. The molecule has 0 fully saturated rings. The summed E-state index contributed by atoms with van der Waals surface area (Å²) in [5.74, 6) is 0.948. The first-order valence-corrected chi connectivity index (χ1v) is 5.97. The van der Waals surface area contributed by atoms with Crippen molar-refractivity contribution >= 4 is 18.7 Å². The zero-order valence-corrected chi connectivity index (χ0v) is 9.83. The second kappa shape index (κ2) is 8.57. The van der Waals surface area contributed by atoms with Crippen LogP contribution >= 0.6 is 12.6 Å². The fraction of sp³-hybridized carbons (Fsp3) is 0.385. The summed E-state index contributed by atoms with van der Waals surface area (Å²) in [7, 11) is 0. The van der Waals surface area contributed by atoms with Crippen molar-refractivity contribution in [2.24, 2.45) is 0 Å². The summed E-state index contributed by atoms with van der Waals surface area (Å²) in [5.41, 5.74) is 1.22. The number of ether oxygens (including phenoxy) is 1. The van der Waals surface area contributed by atoms with Crippen LogP contribution in [0.5, 0.6) is 0 Å². The predicted octanol–water partition coefficient (Wildman–Crippen LogP) is 3.43. The maximum Gasteiger partial charge on any atom is 0.0650 e. The van der Waals surface area contributed by atoms with E-state index in [1.54, 1.807) is 0 Å². The molecule has 2 heteroatoms. The molecular weight excluding hydrogens is 204 g/mol. The number of thiol groups is 1. The lowest BCUT2D eigenvalue weighted by molar-refractivity contribution is 0.159. The molecule has 0 radical (unpaired) electrons. The van der Waals surface area contributed by atoms with E-state index < -0.39 is 0 Å². The van der Waals surface area contributed by atoms with Gasteiger partial charge < -0.3 is 4.74 Å². The molecule has 0 spiro atoms. The van der Waals surface area contributed by atoms with Crippen LogP contribution in [-0.2, 0) is 4.74 Å². The van der Waals surface area contributed by atoms with Crippen LogP contribution in [0.2, 0.25) is 0 Å². The highest BCUT2D eigenvalue weighted by Crippen LogP contribution is 2.00. The van der Waals surface area contributed by atoms with Crippen LogP contribution in [0.4, 0.5) is 0 Å². The van der Waals surface area contributed by atoms with Crippen molar-refractivity contribution in [3.8, 4) is 0 Å². The maximum absolute atomic E-state index is 5.44. The van der Waals surface area contributed by atoms with Crippen molar-refractivity contribution in [1.82, 2.24) is 0 Å². The van der Waals surface area contributed by atoms with E-state index in [0.29, 0.717) is 6.61 Å². The van der Waals surface area contributed by atoms with Gasteiger partial charge in [-0.05, 0) is 24.2 Å². The van der Waals surface area contributed by atoms with Crippen molar-refractivity contribution in [2.75, 3.05) is 19.0 Å². The van der Waals surface area contributed by atoms with Crippen LogP contribution in [0.3, 0.4) is 0 Å². The van der Waals surface area contributed by atoms with Crippen LogP contribution in [0, 0.1) is 0 Å². The number of hydrogen-bond donors (Lipinski definition) is 1. The summed E-state index contributed by atoms with van der Waals surface area (Å²) in [5, 5.41) is 0. The molecule has 0 bridgehead atoms. The zero-order valence-electron chi connectivity index (χ0n) is 8.93. The summed E-state index contributed by atoms with van der Waals surface area (Å²) in [6.07, 6.45) is 6.36. The molecule has 82 valence electrons. The van der Waals surface area contributed by atoms with Gasteiger partial charge in [-0.25, -0.2) is 0 Å². The molecule has 0 heterocycles. The largest absolute Gasteiger partial charge is 0.377 e. The molecule has 0 aromatic heterocycles. The molecule has 1 aromatic carbocycles. The SMILES string of the molecule is SCCCCOC/C=C/c1ccccc1. The Labute approximate surface area is 97.6 Å². The highest BCUT2D eigenvalue weighted by Gasteiger charge is 1.86. The van der Waals surface area contributed by atoms with E-state index in [1.165, 1.54) is 5.56 Å². The van der Waals surface area contributed by atoms with E-state index in [-0.39, 0.29) is 0 Å². The number of unbranched alkanes of at least 4 members (excludes halogenated alkanes) is 1. The topological polar surface area (TPSA) is 9.23 Å². The Hall–Kier alpha value is -0.730. The van der Waals surface area contributed by atoms with Gasteiger partial charge in [0.1, 0.15) is 0 Å². The molecule has 0 atom stereocenters. The van der Waals surface area contributed by atoms with E-state index in [1.807, 2.05) is 18.2 Å². The fourth-order valence-corrected chi connectivity index (χ4v) is 1.44. The van der Waals surface area contributed by atoms with Crippen LogP contribution in [-0.4, -0.2) is 19.0 Å². The van der Waals surface area contributed by atoms with Gasteiger partial charge in [0.05, 0.1) is 6.61 Å². The van der Waals surface area contributed by atoms with Crippen molar-refractivity contribution in [2.45, 2.75) is 12.8 Å². The van der Waals surface area contributed by atoms with E-state index in [4.69, 9.17) is 4.74 Å². The smallest absolute Gasteiger partial charge is 0.0650 e. The molecular formula is C13H18OS. The van der Waals surface area contributed by atoms with Crippen molar-refractivity contribution in [3.05, 3.63) is 42.0 Å². The third-order valence-electron chi connectivity index (χ3n) is 2.02. The molecule has 0 unspecified atom stereocenters. The van der Waals surface area contributed by atoms with Crippen molar-refractivity contribution in [1.29, 1.82) is 0 Å². The second-order valence-corrected chi connectivity index (χ2v) is 3.77. The zero-order chi connectivity index (χ0) is 10.8. The fourth-order valence-electron chi connectivity index (χ4n) is 1.22. The Morgan fingerprint density at radius 2 is 1.93 bits per heavy atom. The Morgan fingerprint density at radius 1 is 1.13 bits per heavy atom. The van der Waals surface area contributed by atoms with Crippen molar-refractivity contribution < 1.29 is 4.74 Å². The summed E-state index contributed by atoms with van der Waals surface area (Å²) in [4.78, 5) is 0. The van der Waals surface area contributed by atoms with Gasteiger partial charge in [-0.15, -0.1) is 0 Å². The Balaban J connectivity index is 2.07. The lowest BCUT2D eigenvalue weighted by Gasteiger charge is -1.99. The molecule has 0 N–H and O–H groups in total. The van der Waals surface area contributed by atoms with Gasteiger partial charge in [0.15, 0.2) is 0 Å².